The molecule has 3 aromatic rings. The van der Waals surface area contributed by atoms with E-state index in [0.29, 0.717) is 0 Å². The van der Waals surface area contributed by atoms with E-state index in [1.54, 1.807) is 0 Å². The third-order valence-electron chi connectivity index (χ3n) is 4.60. The van der Waals surface area contributed by atoms with Crippen LogP contribution in [-0.2, 0) is 11.4 Å². The second-order valence-electron chi connectivity index (χ2n) is 6.34. The molecule has 2 heteroatoms. The molecule has 0 radical (unpaired) electrons. The van der Waals surface area contributed by atoms with E-state index in [4.69, 9.17) is 4.84 Å². The number of nitrogens with zero attached hydrogens (tertiary/aromatic N) is 1. The molecule has 124 valence electrons. The van der Waals surface area contributed by atoms with Gasteiger partial charge in [0, 0.05) is 5.56 Å². The van der Waals surface area contributed by atoms with Gasteiger partial charge in [0.05, 0.1) is 12.6 Å². The zero-order chi connectivity index (χ0) is 17.1. The molecule has 0 spiro atoms. The van der Waals surface area contributed by atoms with E-state index in [2.05, 4.69) is 90.8 Å². The summed E-state index contributed by atoms with van der Waals surface area (Å²) in [4.78, 5) is 6.34. The Morgan fingerprint density at radius 3 is 1.96 bits per heavy atom. The van der Waals surface area contributed by atoms with Gasteiger partial charge in [-0.25, -0.2) is 0 Å². The van der Waals surface area contributed by atoms with Crippen molar-refractivity contribution in [2.24, 2.45) is 0 Å². The Hall–Kier alpha value is -2.84. The van der Waals surface area contributed by atoms with Gasteiger partial charge in [0.25, 0.3) is 0 Å². The molecule has 1 aliphatic rings. The van der Waals surface area contributed by atoms with Gasteiger partial charge in [-0.15, -0.1) is 5.06 Å². The number of hydrogen-bond acceptors (Lipinski definition) is 2. The number of hydroxylamine groups is 2. The van der Waals surface area contributed by atoms with Gasteiger partial charge in [0.15, 0.2) is 5.76 Å². The molecular formula is C23H21NO. The molecular weight excluding hydrogens is 306 g/mol. The molecule has 1 heterocycles. The van der Waals surface area contributed by atoms with Crippen LogP contribution in [0.3, 0.4) is 0 Å². The van der Waals surface area contributed by atoms with Crippen molar-refractivity contribution in [1.29, 1.82) is 0 Å². The van der Waals surface area contributed by atoms with Gasteiger partial charge in [-0.1, -0.05) is 91.0 Å². The Balaban J connectivity index is 1.72. The topological polar surface area (TPSA) is 12.5 Å². The van der Waals surface area contributed by atoms with Crippen molar-refractivity contribution < 1.29 is 4.84 Å². The summed E-state index contributed by atoms with van der Waals surface area (Å²) in [7, 11) is 0. The Morgan fingerprint density at radius 1 is 0.760 bits per heavy atom. The van der Waals surface area contributed by atoms with Crippen molar-refractivity contribution in [2.45, 2.75) is 19.5 Å². The van der Waals surface area contributed by atoms with Crippen molar-refractivity contribution in [3.63, 3.8) is 0 Å². The third-order valence-corrected chi connectivity index (χ3v) is 4.60. The van der Waals surface area contributed by atoms with Crippen LogP contribution >= 0.6 is 0 Å². The summed E-state index contributed by atoms with van der Waals surface area (Å²) < 4.78 is 0. The lowest BCUT2D eigenvalue weighted by atomic mass is 9.97. The first-order chi connectivity index (χ1) is 12.3. The summed E-state index contributed by atoms with van der Waals surface area (Å²) in [6.07, 6.45) is 0. The largest absolute Gasteiger partial charge is 0.404 e. The van der Waals surface area contributed by atoms with Crippen LogP contribution in [0.15, 0.2) is 96.6 Å². The Morgan fingerprint density at radius 2 is 1.32 bits per heavy atom. The molecule has 0 fully saturated rings. The molecule has 0 amide bonds. The van der Waals surface area contributed by atoms with Crippen LogP contribution in [0.25, 0.3) is 5.76 Å². The summed E-state index contributed by atoms with van der Waals surface area (Å²) in [6, 6.07) is 31.5. The van der Waals surface area contributed by atoms with Crippen LogP contribution in [0.4, 0.5) is 0 Å². The molecule has 3 aromatic carbocycles. The van der Waals surface area contributed by atoms with Gasteiger partial charge in [0.1, 0.15) is 0 Å². The van der Waals surface area contributed by atoms with E-state index in [9.17, 15) is 0 Å². The number of rotatable bonds is 4. The SMILES string of the molecule is CC1=C(c2ccccc2)ON(Cc2ccccc2)C1c1ccccc1. The van der Waals surface area contributed by atoms with Crippen LogP contribution in [0, 0.1) is 0 Å². The van der Waals surface area contributed by atoms with Crippen molar-refractivity contribution in [3.05, 3.63) is 113 Å². The first-order valence-corrected chi connectivity index (χ1v) is 8.62. The van der Waals surface area contributed by atoms with Crippen molar-refractivity contribution in [3.8, 4) is 0 Å². The van der Waals surface area contributed by atoms with Gasteiger partial charge >= 0.3 is 0 Å². The molecule has 1 atom stereocenters. The van der Waals surface area contributed by atoms with Crippen LogP contribution in [-0.4, -0.2) is 5.06 Å². The average molecular weight is 327 g/mol. The molecule has 0 aromatic heterocycles. The van der Waals surface area contributed by atoms with Crippen molar-refractivity contribution in [2.75, 3.05) is 0 Å². The van der Waals surface area contributed by atoms with E-state index >= 15 is 0 Å². The first kappa shape index (κ1) is 15.7. The highest BCUT2D eigenvalue weighted by molar-refractivity contribution is 5.65. The summed E-state index contributed by atoms with van der Waals surface area (Å²) in [5, 5.41) is 2.09. The lowest BCUT2D eigenvalue weighted by molar-refractivity contribution is -0.102. The zero-order valence-electron chi connectivity index (χ0n) is 14.3. The second kappa shape index (κ2) is 6.96. The standard InChI is InChI=1S/C23H21NO/c1-18-22(20-13-7-3-8-14-20)24(17-19-11-5-2-6-12-19)25-23(18)21-15-9-4-10-16-21/h2-16,22H,17H2,1H3. The van der Waals surface area contributed by atoms with E-state index in [-0.39, 0.29) is 6.04 Å². The van der Waals surface area contributed by atoms with Gasteiger partial charge in [-0.3, -0.25) is 0 Å². The summed E-state index contributed by atoms with van der Waals surface area (Å²) in [5.74, 6) is 0.963. The first-order valence-electron chi connectivity index (χ1n) is 8.62. The van der Waals surface area contributed by atoms with Gasteiger partial charge in [-0.05, 0) is 23.6 Å². The lowest BCUT2D eigenvalue weighted by Gasteiger charge is -2.24. The van der Waals surface area contributed by atoms with Crippen LogP contribution in [0.1, 0.15) is 29.7 Å². The minimum absolute atomic E-state index is 0.122. The molecule has 0 bridgehead atoms. The molecule has 1 unspecified atom stereocenters. The van der Waals surface area contributed by atoms with E-state index in [1.807, 2.05) is 12.1 Å². The monoisotopic (exact) mass is 327 g/mol. The number of hydrogen-bond donors (Lipinski definition) is 0. The van der Waals surface area contributed by atoms with Crippen LogP contribution < -0.4 is 0 Å². The van der Waals surface area contributed by atoms with Gasteiger partial charge < -0.3 is 4.84 Å². The van der Waals surface area contributed by atoms with Gasteiger partial charge in [0.2, 0.25) is 0 Å². The summed E-state index contributed by atoms with van der Waals surface area (Å²) in [5.41, 5.74) is 4.86. The normalized spacial score (nSPS) is 17.6. The van der Waals surface area contributed by atoms with Crippen LogP contribution in [0.5, 0.6) is 0 Å². The molecule has 0 aliphatic carbocycles. The fraction of sp³-hybridized carbons (Fsp3) is 0.130. The molecule has 0 N–H and O–H groups in total. The minimum Gasteiger partial charge on any atom is -0.404 e. The van der Waals surface area contributed by atoms with Crippen molar-refractivity contribution >= 4 is 5.76 Å². The molecule has 25 heavy (non-hydrogen) atoms. The highest BCUT2D eigenvalue weighted by atomic mass is 16.7. The zero-order valence-corrected chi connectivity index (χ0v) is 14.3. The fourth-order valence-electron chi connectivity index (χ4n) is 3.39. The highest BCUT2D eigenvalue weighted by Crippen LogP contribution is 2.42. The maximum absolute atomic E-state index is 6.34. The molecule has 0 saturated carbocycles. The maximum Gasteiger partial charge on any atom is 0.155 e. The molecule has 4 rings (SSSR count). The minimum atomic E-state index is 0.122. The second-order valence-corrected chi connectivity index (χ2v) is 6.34. The van der Waals surface area contributed by atoms with Crippen molar-refractivity contribution in [1.82, 2.24) is 5.06 Å². The summed E-state index contributed by atoms with van der Waals surface area (Å²) in [6.45, 7) is 2.92. The third kappa shape index (κ3) is 3.21. The quantitative estimate of drug-likeness (QED) is 0.618. The average Bonchev–Trinajstić information content (AvgIpc) is 3.00. The summed E-state index contributed by atoms with van der Waals surface area (Å²) >= 11 is 0. The van der Waals surface area contributed by atoms with E-state index in [0.717, 1.165) is 17.9 Å². The smallest absolute Gasteiger partial charge is 0.155 e. The maximum atomic E-state index is 6.34. The highest BCUT2D eigenvalue weighted by Gasteiger charge is 2.34. The fourth-order valence-corrected chi connectivity index (χ4v) is 3.39. The van der Waals surface area contributed by atoms with Crippen LogP contribution in [0.2, 0.25) is 0 Å². The molecule has 0 saturated heterocycles. The van der Waals surface area contributed by atoms with Gasteiger partial charge in [-0.2, -0.15) is 0 Å². The Bertz CT molecular complexity index is 856. The van der Waals surface area contributed by atoms with E-state index in [1.165, 1.54) is 16.7 Å². The predicted octanol–water partition coefficient (Wildman–Crippen LogP) is 5.61. The predicted molar refractivity (Wildman–Crippen MR) is 101 cm³/mol. The lowest BCUT2D eigenvalue weighted by Crippen LogP contribution is -2.23. The molecule has 1 aliphatic heterocycles. The Labute approximate surface area is 149 Å². The number of benzene rings is 3. The molecule has 2 nitrogen and oxygen atoms in total. The Kier molecular flexibility index (Phi) is 4.36. The van der Waals surface area contributed by atoms with E-state index < -0.39 is 0 Å².